The molecule has 0 saturated heterocycles. The molecule has 0 saturated carbocycles. The van der Waals surface area contributed by atoms with Crippen molar-refractivity contribution in [3.63, 3.8) is 0 Å². The number of esters is 1. The SMILES string of the molecule is COc1ccc(-n2nc(C(C)(O)CCCOC(C)=O)cc2-c2ccc(C)cc2)cc1. The van der Waals surface area contributed by atoms with E-state index in [1.807, 2.05) is 54.1 Å². The highest BCUT2D eigenvalue weighted by Gasteiger charge is 2.28. The minimum atomic E-state index is -1.16. The molecule has 1 atom stereocenters. The van der Waals surface area contributed by atoms with Gasteiger partial charge in [0.05, 0.1) is 30.8 Å². The van der Waals surface area contributed by atoms with E-state index in [-0.39, 0.29) is 12.6 Å². The molecule has 0 aliphatic rings. The molecule has 1 aromatic heterocycles. The van der Waals surface area contributed by atoms with E-state index in [0.717, 1.165) is 22.7 Å². The van der Waals surface area contributed by atoms with Crippen molar-refractivity contribution in [1.82, 2.24) is 9.78 Å². The highest BCUT2D eigenvalue weighted by atomic mass is 16.5. The number of aryl methyl sites for hydroxylation is 1. The first kappa shape index (κ1) is 21.6. The molecule has 0 bridgehead atoms. The molecule has 2 aromatic carbocycles. The van der Waals surface area contributed by atoms with Crippen LogP contribution in [0.5, 0.6) is 5.75 Å². The molecule has 0 amide bonds. The second-order valence-corrected chi connectivity index (χ2v) is 7.61. The van der Waals surface area contributed by atoms with Crippen LogP contribution in [0.25, 0.3) is 16.9 Å². The number of nitrogens with zero attached hydrogens (tertiary/aromatic N) is 2. The number of benzene rings is 2. The summed E-state index contributed by atoms with van der Waals surface area (Å²) in [7, 11) is 1.63. The van der Waals surface area contributed by atoms with Crippen molar-refractivity contribution in [2.75, 3.05) is 13.7 Å². The Balaban J connectivity index is 1.96. The third-order valence-corrected chi connectivity index (χ3v) is 5.04. The Morgan fingerprint density at radius 1 is 1.13 bits per heavy atom. The first-order valence-electron chi connectivity index (χ1n) is 9.98. The summed E-state index contributed by atoms with van der Waals surface area (Å²) >= 11 is 0. The van der Waals surface area contributed by atoms with E-state index in [4.69, 9.17) is 14.6 Å². The number of aromatic nitrogens is 2. The molecule has 0 spiro atoms. The lowest BCUT2D eigenvalue weighted by Gasteiger charge is -2.20. The summed E-state index contributed by atoms with van der Waals surface area (Å²) in [5.41, 5.74) is 3.34. The lowest BCUT2D eigenvalue weighted by Crippen LogP contribution is -2.23. The van der Waals surface area contributed by atoms with Crippen molar-refractivity contribution in [3.05, 3.63) is 65.9 Å². The number of carbonyl (C=O) groups is 1. The normalized spacial score (nSPS) is 13.0. The second kappa shape index (κ2) is 9.13. The fourth-order valence-electron chi connectivity index (χ4n) is 3.25. The summed E-state index contributed by atoms with van der Waals surface area (Å²) in [6, 6.07) is 17.7. The van der Waals surface area contributed by atoms with Gasteiger partial charge in [-0.1, -0.05) is 29.8 Å². The van der Waals surface area contributed by atoms with Crippen molar-refractivity contribution in [2.24, 2.45) is 0 Å². The van der Waals surface area contributed by atoms with Crippen molar-refractivity contribution >= 4 is 5.97 Å². The van der Waals surface area contributed by atoms with Gasteiger partial charge < -0.3 is 14.6 Å². The zero-order chi connectivity index (χ0) is 21.7. The molecular formula is C24H28N2O4. The molecule has 158 valence electrons. The number of aliphatic hydroxyl groups is 1. The fraction of sp³-hybridized carbons (Fsp3) is 0.333. The van der Waals surface area contributed by atoms with Gasteiger partial charge in [0, 0.05) is 12.5 Å². The van der Waals surface area contributed by atoms with E-state index >= 15 is 0 Å². The minimum absolute atomic E-state index is 0.273. The van der Waals surface area contributed by atoms with Crippen LogP contribution in [0.15, 0.2) is 54.6 Å². The van der Waals surface area contributed by atoms with Crippen molar-refractivity contribution in [2.45, 2.75) is 39.2 Å². The summed E-state index contributed by atoms with van der Waals surface area (Å²) in [6.45, 7) is 5.43. The smallest absolute Gasteiger partial charge is 0.302 e. The number of rotatable bonds is 8. The van der Waals surface area contributed by atoms with Gasteiger partial charge in [-0.15, -0.1) is 0 Å². The molecule has 0 aliphatic heterocycles. The first-order valence-corrected chi connectivity index (χ1v) is 9.98. The summed E-state index contributed by atoms with van der Waals surface area (Å²) in [6.07, 6.45) is 0.967. The van der Waals surface area contributed by atoms with Gasteiger partial charge >= 0.3 is 5.97 Å². The van der Waals surface area contributed by atoms with Crippen LogP contribution in [0.1, 0.15) is 37.9 Å². The monoisotopic (exact) mass is 408 g/mol. The van der Waals surface area contributed by atoms with Crippen LogP contribution in [0, 0.1) is 6.92 Å². The van der Waals surface area contributed by atoms with Crippen LogP contribution in [-0.4, -0.2) is 34.6 Å². The topological polar surface area (TPSA) is 73.6 Å². The largest absolute Gasteiger partial charge is 0.497 e. The van der Waals surface area contributed by atoms with Gasteiger partial charge in [0.1, 0.15) is 11.4 Å². The van der Waals surface area contributed by atoms with Crippen molar-refractivity contribution in [1.29, 1.82) is 0 Å². The van der Waals surface area contributed by atoms with Gasteiger partial charge in [-0.25, -0.2) is 4.68 Å². The third-order valence-electron chi connectivity index (χ3n) is 5.04. The Labute approximate surface area is 177 Å². The quantitative estimate of drug-likeness (QED) is 0.442. The average molecular weight is 408 g/mol. The van der Waals surface area contributed by atoms with Crippen LogP contribution in [-0.2, 0) is 15.1 Å². The number of methoxy groups -OCH3 is 1. The van der Waals surface area contributed by atoms with Crippen LogP contribution in [0.4, 0.5) is 0 Å². The zero-order valence-corrected chi connectivity index (χ0v) is 17.9. The van der Waals surface area contributed by atoms with E-state index in [0.29, 0.717) is 18.5 Å². The maximum absolute atomic E-state index is 11.1. The summed E-state index contributed by atoms with van der Waals surface area (Å²) < 4.78 is 12.1. The molecular weight excluding hydrogens is 380 g/mol. The summed E-state index contributed by atoms with van der Waals surface area (Å²) in [4.78, 5) is 11.0. The van der Waals surface area contributed by atoms with Crippen molar-refractivity contribution in [3.8, 4) is 22.7 Å². The van der Waals surface area contributed by atoms with E-state index in [2.05, 4.69) is 12.1 Å². The second-order valence-electron chi connectivity index (χ2n) is 7.61. The molecule has 1 N–H and O–H groups in total. The number of carbonyl (C=O) groups excluding carboxylic acids is 1. The number of hydrogen-bond acceptors (Lipinski definition) is 5. The number of hydrogen-bond donors (Lipinski definition) is 1. The van der Waals surface area contributed by atoms with Gasteiger partial charge in [0.25, 0.3) is 0 Å². The average Bonchev–Trinajstić information content (AvgIpc) is 3.18. The van der Waals surface area contributed by atoms with Crippen LogP contribution < -0.4 is 4.74 Å². The minimum Gasteiger partial charge on any atom is -0.497 e. The first-order chi connectivity index (χ1) is 14.3. The Bertz CT molecular complexity index is 989. The Hall–Kier alpha value is -3.12. The molecule has 0 aliphatic carbocycles. The molecule has 6 heteroatoms. The van der Waals surface area contributed by atoms with Crippen molar-refractivity contribution < 1.29 is 19.4 Å². The molecule has 3 aromatic rings. The molecule has 0 fully saturated rings. The Morgan fingerprint density at radius 2 is 1.80 bits per heavy atom. The number of ether oxygens (including phenoxy) is 2. The predicted octanol–water partition coefficient (Wildman–Crippen LogP) is 4.41. The van der Waals surface area contributed by atoms with E-state index in [1.54, 1.807) is 14.0 Å². The highest BCUT2D eigenvalue weighted by Crippen LogP contribution is 2.32. The highest BCUT2D eigenvalue weighted by molar-refractivity contribution is 5.66. The van der Waals surface area contributed by atoms with Gasteiger partial charge in [-0.05, 0) is 57.0 Å². The summed E-state index contributed by atoms with van der Waals surface area (Å²) in [5, 5.41) is 15.8. The molecule has 1 unspecified atom stereocenters. The van der Waals surface area contributed by atoms with Gasteiger partial charge in [-0.3, -0.25) is 4.79 Å². The van der Waals surface area contributed by atoms with Gasteiger partial charge in [-0.2, -0.15) is 5.10 Å². The lowest BCUT2D eigenvalue weighted by molar-refractivity contribution is -0.141. The standard InChI is InChI=1S/C24H28N2O4/c1-17-6-8-19(9-7-17)22-16-23(24(3,28)14-5-15-30-18(2)27)25-26(22)20-10-12-21(29-4)13-11-20/h6-13,16,28H,5,14-15H2,1-4H3. The fourth-order valence-corrected chi connectivity index (χ4v) is 3.25. The maximum atomic E-state index is 11.1. The molecule has 6 nitrogen and oxygen atoms in total. The molecule has 30 heavy (non-hydrogen) atoms. The zero-order valence-electron chi connectivity index (χ0n) is 17.9. The van der Waals surface area contributed by atoms with Gasteiger partial charge in [0.2, 0.25) is 0 Å². The van der Waals surface area contributed by atoms with Gasteiger partial charge in [0.15, 0.2) is 0 Å². The third kappa shape index (κ3) is 5.07. The van der Waals surface area contributed by atoms with E-state index in [1.165, 1.54) is 12.5 Å². The van der Waals surface area contributed by atoms with Crippen LogP contribution >= 0.6 is 0 Å². The Kier molecular flexibility index (Phi) is 6.57. The van der Waals surface area contributed by atoms with Crippen LogP contribution in [0.2, 0.25) is 0 Å². The molecule has 0 radical (unpaired) electrons. The molecule has 3 rings (SSSR count). The van der Waals surface area contributed by atoms with Crippen LogP contribution in [0.3, 0.4) is 0 Å². The predicted molar refractivity (Wildman–Crippen MR) is 116 cm³/mol. The Morgan fingerprint density at radius 3 is 2.40 bits per heavy atom. The molecule has 1 heterocycles. The van der Waals surface area contributed by atoms with E-state index in [9.17, 15) is 9.90 Å². The van der Waals surface area contributed by atoms with E-state index < -0.39 is 5.60 Å². The maximum Gasteiger partial charge on any atom is 0.302 e. The summed E-state index contributed by atoms with van der Waals surface area (Å²) in [5.74, 6) is 0.445. The lowest BCUT2D eigenvalue weighted by atomic mass is 9.95.